The third-order valence-corrected chi connectivity index (χ3v) is 3.33. The van der Waals surface area contributed by atoms with Crippen molar-refractivity contribution in [2.45, 2.75) is 18.9 Å². The van der Waals surface area contributed by atoms with Crippen LogP contribution in [0.2, 0.25) is 5.02 Å². The van der Waals surface area contributed by atoms with Gasteiger partial charge in [-0.15, -0.1) is 0 Å². The largest absolute Gasteiger partial charge is 0.377 e. The number of halogens is 1. The average Bonchev–Trinajstić information content (AvgIpc) is 2.81. The van der Waals surface area contributed by atoms with Gasteiger partial charge in [0, 0.05) is 23.7 Å². The van der Waals surface area contributed by atoms with Gasteiger partial charge in [-0.25, -0.2) is 0 Å². The first kappa shape index (κ1) is 13.5. The zero-order chi connectivity index (χ0) is 13.0. The summed E-state index contributed by atoms with van der Waals surface area (Å²) in [5, 5.41) is 0.600. The smallest absolute Gasteiger partial charge is 0.176 e. The molecule has 0 saturated carbocycles. The zero-order valence-electron chi connectivity index (χ0n) is 10.6. The topological polar surface area (TPSA) is 29.5 Å². The van der Waals surface area contributed by atoms with Crippen molar-refractivity contribution in [3.05, 3.63) is 34.9 Å². The van der Waals surface area contributed by atoms with Crippen molar-refractivity contribution in [1.29, 1.82) is 0 Å². The molecule has 18 heavy (non-hydrogen) atoms. The molecule has 0 bridgehead atoms. The molecule has 4 heteroatoms. The SMILES string of the molecule is CN(CC(=O)c1cccc(Cl)c1)CC1CCCO1. The molecule has 0 amide bonds. The molecule has 0 aliphatic carbocycles. The summed E-state index contributed by atoms with van der Waals surface area (Å²) in [6, 6.07) is 7.09. The molecular weight excluding hydrogens is 250 g/mol. The Morgan fingerprint density at radius 2 is 2.39 bits per heavy atom. The van der Waals surface area contributed by atoms with Crippen molar-refractivity contribution in [1.82, 2.24) is 4.90 Å². The molecule has 0 aromatic heterocycles. The molecule has 1 aromatic rings. The Balaban J connectivity index is 1.86. The summed E-state index contributed by atoms with van der Waals surface area (Å²) in [6.45, 7) is 2.06. The second kappa shape index (κ2) is 6.32. The van der Waals surface area contributed by atoms with Crippen molar-refractivity contribution in [2.75, 3.05) is 26.7 Å². The van der Waals surface area contributed by atoms with E-state index in [9.17, 15) is 4.79 Å². The molecule has 1 aliphatic heterocycles. The van der Waals surface area contributed by atoms with Crippen LogP contribution in [0.15, 0.2) is 24.3 Å². The van der Waals surface area contributed by atoms with Crippen LogP contribution in [0.25, 0.3) is 0 Å². The van der Waals surface area contributed by atoms with E-state index in [0.717, 1.165) is 26.0 Å². The normalized spacial score (nSPS) is 19.4. The molecule has 1 aliphatic rings. The minimum absolute atomic E-state index is 0.0954. The lowest BCUT2D eigenvalue weighted by atomic mass is 10.1. The lowest BCUT2D eigenvalue weighted by molar-refractivity contribution is 0.0740. The van der Waals surface area contributed by atoms with Crippen LogP contribution in [-0.4, -0.2) is 43.5 Å². The van der Waals surface area contributed by atoms with E-state index in [1.165, 1.54) is 0 Å². The van der Waals surface area contributed by atoms with Crippen LogP contribution < -0.4 is 0 Å². The zero-order valence-corrected chi connectivity index (χ0v) is 11.3. The van der Waals surface area contributed by atoms with Crippen molar-refractivity contribution < 1.29 is 9.53 Å². The van der Waals surface area contributed by atoms with Crippen LogP contribution in [0.5, 0.6) is 0 Å². The molecule has 1 saturated heterocycles. The molecule has 0 N–H and O–H groups in total. The number of ketones is 1. The van der Waals surface area contributed by atoms with Gasteiger partial charge in [-0.1, -0.05) is 23.7 Å². The van der Waals surface area contributed by atoms with Gasteiger partial charge >= 0.3 is 0 Å². The molecule has 0 radical (unpaired) electrons. The highest BCUT2D eigenvalue weighted by molar-refractivity contribution is 6.31. The summed E-state index contributed by atoms with van der Waals surface area (Å²) in [4.78, 5) is 14.1. The van der Waals surface area contributed by atoms with E-state index in [2.05, 4.69) is 0 Å². The van der Waals surface area contributed by atoms with Gasteiger partial charge in [-0.05, 0) is 32.0 Å². The van der Waals surface area contributed by atoms with Crippen molar-refractivity contribution in [3.63, 3.8) is 0 Å². The summed E-state index contributed by atoms with van der Waals surface area (Å²) < 4.78 is 5.56. The fourth-order valence-electron chi connectivity index (χ4n) is 2.20. The summed E-state index contributed by atoms with van der Waals surface area (Å²) >= 11 is 5.88. The number of carbonyl (C=O) groups excluding carboxylic acids is 1. The maximum Gasteiger partial charge on any atom is 0.176 e. The Hall–Kier alpha value is -0.900. The maximum atomic E-state index is 12.0. The number of ether oxygens (including phenoxy) is 1. The average molecular weight is 268 g/mol. The van der Waals surface area contributed by atoms with Gasteiger partial charge in [0.05, 0.1) is 12.6 Å². The van der Waals surface area contributed by atoms with E-state index in [-0.39, 0.29) is 11.9 Å². The molecule has 0 spiro atoms. The molecule has 1 unspecified atom stereocenters. The van der Waals surface area contributed by atoms with Gasteiger partial charge in [0.1, 0.15) is 0 Å². The monoisotopic (exact) mass is 267 g/mol. The second-order valence-corrected chi connectivity index (χ2v) is 5.20. The van der Waals surface area contributed by atoms with Gasteiger partial charge < -0.3 is 4.74 Å². The fourth-order valence-corrected chi connectivity index (χ4v) is 2.39. The number of hydrogen-bond donors (Lipinski definition) is 0. The van der Waals surface area contributed by atoms with E-state index < -0.39 is 0 Å². The molecule has 1 aromatic carbocycles. The van der Waals surface area contributed by atoms with Gasteiger partial charge in [0.25, 0.3) is 0 Å². The van der Waals surface area contributed by atoms with Gasteiger partial charge in [-0.2, -0.15) is 0 Å². The number of nitrogens with zero attached hydrogens (tertiary/aromatic N) is 1. The number of hydrogen-bond acceptors (Lipinski definition) is 3. The third-order valence-electron chi connectivity index (χ3n) is 3.10. The highest BCUT2D eigenvalue weighted by Crippen LogP contribution is 2.14. The number of Topliss-reactive ketones (excluding diaryl/α,β-unsaturated/α-hetero) is 1. The summed E-state index contributed by atoms with van der Waals surface area (Å²) in [6.07, 6.45) is 2.50. The minimum Gasteiger partial charge on any atom is -0.377 e. The van der Waals surface area contributed by atoms with Crippen LogP contribution in [0.4, 0.5) is 0 Å². The Morgan fingerprint density at radius 3 is 3.06 bits per heavy atom. The lowest BCUT2D eigenvalue weighted by Crippen LogP contribution is -2.33. The second-order valence-electron chi connectivity index (χ2n) is 4.77. The molecule has 2 rings (SSSR count). The van der Waals surface area contributed by atoms with Crippen molar-refractivity contribution >= 4 is 17.4 Å². The standard InChI is InChI=1S/C14H18ClNO2/c1-16(9-13-6-3-7-18-13)10-14(17)11-4-2-5-12(15)8-11/h2,4-5,8,13H,3,6-7,9-10H2,1H3. The van der Waals surface area contributed by atoms with Gasteiger partial charge in [0.2, 0.25) is 0 Å². The van der Waals surface area contributed by atoms with E-state index in [4.69, 9.17) is 16.3 Å². The van der Waals surface area contributed by atoms with Crippen molar-refractivity contribution in [2.24, 2.45) is 0 Å². The van der Waals surface area contributed by atoms with E-state index in [1.807, 2.05) is 11.9 Å². The first-order valence-corrected chi connectivity index (χ1v) is 6.62. The van der Waals surface area contributed by atoms with E-state index in [0.29, 0.717) is 17.1 Å². The quantitative estimate of drug-likeness (QED) is 0.768. The Labute approximate surface area is 113 Å². The number of rotatable bonds is 5. The Kier molecular flexibility index (Phi) is 4.75. The van der Waals surface area contributed by atoms with Crippen LogP contribution in [0.3, 0.4) is 0 Å². The number of carbonyl (C=O) groups is 1. The summed E-state index contributed by atoms with van der Waals surface area (Å²) in [5.41, 5.74) is 0.668. The Morgan fingerprint density at radius 1 is 1.56 bits per heavy atom. The van der Waals surface area contributed by atoms with Crippen LogP contribution in [0.1, 0.15) is 23.2 Å². The highest BCUT2D eigenvalue weighted by atomic mass is 35.5. The van der Waals surface area contributed by atoms with E-state index >= 15 is 0 Å². The lowest BCUT2D eigenvalue weighted by Gasteiger charge is -2.19. The van der Waals surface area contributed by atoms with E-state index in [1.54, 1.807) is 24.3 Å². The molecule has 3 nitrogen and oxygen atoms in total. The third kappa shape index (κ3) is 3.80. The van der Waals surface area contributed by atoms with Gasteiger partial charge in [0.15, 0.2) is 5.78 Å². The van der Waals surface area contributed by atoms with Gasteiger partial charge in [-0.3, -0.25) is 9.69 Å². The molecule has 98 valence electrons. The fraction of sp³-hybridized carbons (Fsp3) is 0.500. The number of benzene rings is 1. The summed E-state index contributed by atoms with van der Waals surface area (Å²) in [7, 11) is 1.95. The molecule has 1 fully saturated rings. The molecule has 1 atom stereocenters. The van der Waals surface area contributed by atoms with Crippen LogP contribution in [0, 0.1) is 0 Å². The van der Waals surface area contributed by atoms with Crippen molar-refractivity contribution in [3.8, 4) is 0 Å². The van der Waals surface area contributed by atoms with Crippen LogP contribution >= 0.6 is 11.6 Å². The predicted molar refractivity (Wildman–Crippen MR) is 72.3 cm³/mol. The Bertz CT molecular complexity index is 416. The summed E-state index contributed by atoms with van der Waals surface area (Å²) in [5.74, 6) is 0.0954. The van der Waals surface area contributed by atoms with Crippen LogP contribution in [-0.2, 0) is 4.74 Å². The first-order chi connectivity index (χ1) is 8.65. The highest BCUT2D eigenvalue weighted by Gasteiger charge is 2.18. The number of likely N-dealkylation sites (N-methyl/N-ethyl adjacent to an activating group) is 1. The first-order valence-electron chi connectivity index (χ1n) is 6.24. The molecule has 1 heterocycles. The minimum atomic E-state index is 0.0954. The molecular formula is C14H18ClNO2. The maximum absolute atomic E-state index is 12.0. The predicted octanol–water partition coefficient (Wildman–Crippen LogP) is 2.63.